The molecule has 6 nitrogen and oxygen atoms in total. The van der Waals surface area contributed by atoms with Gasteiger partial charge in [-0.05, 0) is 25.0 Å². The lowest BCUT2D eigenvalue weighted by atomic mass is 10.2. The summed E-state index contributed by atoms with van der Waals surface area (Å²) in [6, 6.07) is 3.79. The SMILES string of the molecule is O=CN1CCN(c2ccc(C(=O)N3CCCCCC3)nc2)CC1. The molecule has 0 aliphatic carbocycles. The van der Waals surface area contributed by atoms with E-state index < -0.39 is 0 Å². The van der Waals surface area contributed by atoms with Gasteiger partial charge in [0.25, 0.3) is 5.91 Å². The van der Waals surface area contributed by atoms with E-state index in [4.69, 9.17) is 0 Å². The van der Waals surface area contributed by atoms with Gasteiger partial charge < -0.3 is 14.7 Å². The highest BCUT2D eigenvalue weighted by molar-refractivity contribution is 5.92. The molecule has 23 heavy (non-hydrogen) atoms. The Hall–Kier alpha value is -2.11. The van der Waals surface area contributed by atoms with Crippen LogP contribution in [-0.4, -0.2) is 66.4 Å². The van der Waals surface area contributed by atoms with Crippen LogP contribution in [0.2, 0.25) is 0 Å². The third-order valence-corrected chi connectivity index (χ3v) is 4.69. The Morgan fingerprint density at radius 3 is 2.22 bits per heavy atom. The van der Waals surface area contributed by atoms with Gasteiger partial charge in [0.05, 0.1) is 11.9 Å². The summed E-state index contributed by atoms with van der Waals surface area (Å²) in [6.45, 7) is 4.77. The van der Waals surface area contributed by atoms with Crippen LogP contribution >= 0.6 is 0 Å². The molecule has 0 bridgehead atoms. The Kier molecular flexibility index (Phi) is 5.10. The van der Waals surface area contributed by atoms with E-state index in [2.05, 4.69) is 9.88 Å². The number of hydrogen-bond acceptors (Lipinski definition) is 4. The number of amides is 2. The van der Waals surface area contributed by atoms with E-state index in [9.17, 15) is 9.59 Å². The summed E-state index contributed by atoms with van der Waals surface area (Å²) in [5.74, 6) is 0.0456. The number of carbonyl (C=O) groups is 2. The van der Waals surface area contributed by atoms with Crippen molar-refractivity contribution in [2.24, 2.45) is 0 Å². The molecule has 2 fully saturated rings. The zero-order valence-electron chi connectivity index (χ0n) is 13.5. The van der Waals surface area contributed by atoms with Gasteiger partial charge in [0.15, 0.2) is 0 Å². The number of rotatable bonds is 3. The Labute approximate surface area is 137 Å². The quantitative estimate of drug-likeness (QED) is 0.791. The zero-order valence-corrected chi connectivity index (χ0v) is 13.5. The first-order valence-corrected chi connectivity index (χ1v) is 8.47. The van der Waals surface area contributed by atoms with Gasteiger partial charge in [0, 0.05) is 39.3 Å². The van der Waals surface area contributed by atoms with E-state index in [-0.39, 0.29) is 5.91 Å². The smallest absolute Gasteiger partial charge is 0.272 e. The monoisotopic (exact) mass is 316 g/mol. The minimum atomic E-state index is 0.0456. The summed E-state index contributed by atoms with van der Waals surface area (Å²) >= 11 is 0. The molecule has 0 atom stereocenters. The van der Waals surface area contributed by atoms with Crippen LogP contribution in [0.1, 0.15) is 36.2 Å². The third-order valence-electron chi connectivity index (χ3n) is 4.69. The largest absolute Gasteiger partial charge is 0.367 e. The van der Waals surface area contributed by atoms with Crippen molar-refractivity contribution in [1.29, 1.82) is 0 Å². The summed E-state index contributed by atoms with van der Waals surface area (Å²) in [7, 11) is 0. The molecule has 0 unspecified atom stereocenters. The summed E-state index contributed by atoms with van der Waals surface area (Å²) in [4.78, 5) is 33.6. The Bertz CT molecular complexity index is 530. The number of pyridine rings is 1. The summed E-state index contributed by atoms with van der Waals surface area (Å²) in [5, 5.41) is 0. The van der Waals surface area contributed by atoms with Crippen LogP contribution in [0.5, 0.6) is 0 Å². The molecule has 2 saturated heterocycles. The molecule has 0 saturated carbocycles. The molecule has 124 valence electrons. The molecular formula is C17H24N4O2. The van der Waals surface area contributed by atoms with Crippen molar-refractivity contribution >= 4 is 18.0 Å². The van der Waals surface area contributed by atoms with E-state index >= 15 is 0 Å². The molecule has 6 heteroatoms. The molecule has 3 heterocycles. The minimum absolute atomic E-state index is 0.0456. The lowest BCUT2D eigenvalue weighted by molar-refractivity contribution is -0.118. The molecule has 2 aliphatic rings. The number of aromatic nitrogens is 1. The first-order chi connectivity index (χ1) is 11.3. The lowest BCUT2D eigenvalue weighted by Crippen LogP contribution is -2.45. The predicted octanol–water partition coefficient (Wildman–Crippen LogP) is 1.38. The maximum Gasteiger partial charge on any atom is 0.272 e. The number of anilines is 1. The Morgan fingerprint density at radius 1 is 0.957 bits per heavy atom. The Balaban J connectivity index is 1.62. The molecular weight excluding hydrogens is 292 g/mol. The molecule has 1 aromatic heterocycles. The minimum Gasteiger partial charge on any atom is -0.367 e. The topological polar surface area (TPSA) is 56.8 Å². The second kappa shape index (κ2) is 7.44. The second-order valence-corrected chi connectivity index (χ2v) is 6.24. The Morgan fingerprint density at radius 2 is 1.65 bits per heavy atom. The van der Waals surface area contributed by atoms with Crippen LogP contribution in [0.3, 0.4) is 0 Å². The van der Waals surface area contributed by atoms with Crippen LogP contribution in [0.15, 0.2) is 18.3 Å². The van der Waals surface area contributed by atoms with Crippen molar-refractivity contribution in [3.05, 3.63) is 24.0 Å². The van der Waals surface area contributed by atoms with Crippen molar-refractivity contribution in [2.75, 3.05) is 44.2 Å². The van der Waals surface area contributed by atoms with Crippen molar-refractivity contribution in [2.45, 2.75) is 25.7 Å². The zero-order chi connectivity index (χ0) is 16.1. The van der Waals surface area contributed by atoms with E-state index in [0.29, 0.717) is 5.69 Å². The van der Waals surface area contributed by atoms with Crippen LogP contribution in [0.4, 0.5) is 5.69 Å². The van der Waals surface area contributed by atoms with Crippen molar-refractivity contribution in [1.82, 2.24) is 14.8 Å². The third kappa shape index (κ3) is 3.81. The van der Waals surface area contributed by atoms with Crippen molar-refractivity contribution < 1.29 is 9.59 Å². The number of piperazine rings is 1. The maximum absolute atomic E-state index is 12.5. The first kappa shape index (κ1) is 15.8. The summed E-state index contributed by atoms with van der Waals surface area (Å²) in [5.41, 5.74) is 1.55. The highest BCUT2D eigenvalue weighted by Crippen LogP contribution is 2.17. The predicted molar refractivity (Wildman–Crippen MR) is 88.5 cm³/mol. The average molecular weight is 316 g/mol. The molecule has 2 amide bonds. The fourth-order valence-corrected chi connectivity index (χ4v) is 3.22. The number of hydrogen-bond donors (Lipinski definition) is 0. The van der Waals surface area contributed by atoms with Gasteiger partial charge in [0.1, 0.15) is 5.69 Å². The van der Waals surface area contributed by atoms with Gasteiger partial charge >= 0.3 is 0 Å². The van der Waals surface area contributed by atoms with Crippen molar-refractivity contribution in [3.63, 3.8) is 0 Å². The van der Waals surface area contributed by atoms with Gasteiger partial charge in [0.2, 0.25) is 6.41 Å². The lowest BCUT2D eigenvalue weighted by Gasteiger charge is -2.33. The highest BCUT2D eigenvalue weighted by atomic mass is 16.2. The summed E-state index contributed by atoms with van der Waals surface area (Å²) < 4.78 is 0. The normalized spacial score (nSPS) is 19.4. The number of carbonyl (C=O) groups excluding carboxylic acids is 2. The standard InChI is InChI=1S/C17H24N4O2/c22-14-19-9-11-20(12-10-19)15-5-6-16(18-13-15)17(23)21-7-3-1-2-4-8-21/h5-6,13-14H,1-4,7-12H2. The molecule has 0 N–H and O–H groups in total. The molecule has 3 rings (SSSR count). The van der Waals surface area contributed by atoms with Gasteiger partial charge in [-0.1, -0.05) is 12.8 Å². The van der Waals surface area contributed by atoms with Crippen LogP contribution < -0.4 is 4.90 Å². The van der Waals surface area contributed by atoms with Gasteiger partial charge in [-0.3, -0.25) is 9.59 Å². The fourth-order valence-electron chi connectivity index (χ4n) is 3.22. The van der Waals surface area contributed by atoms with E-state index in [1.54, 1.807) is 11.1 Å². The first-order valence-electron chi connectivity index (χ1n) is 8.47. The van der Waals surface area contributed by atoms with Gasteiger partial charge in [-0.2, -0.15) is 0 Å². The summed E-state index contributed by atoms with van der Waals surface area (Å²) in [6.07, 6.45) is 7.28. The van der Waals surface area contributed by atoms with Gasteiger partial charge in [-0.15, -0.1) is 0 Å². The van der Waals surface area contributed by atoms with Gasteiger partial charge in [-0.25, -0.2) is 4.98 Å². The van der Waals surface area contributed by atoms with Crippen LogP contribution in [0, 0.1) is 0 Å². The van der Waals surface area contributed by atoms with Crippen LogP contribution in [0.25, 0.3) is 0 Å². The molecule has 0 spiro atoms. The molecule has 1 aromatic rings. The second-order valence-electron chi connectivity index (χ2n) is 6.24. The average Bonchev–Trinajstić information content (AvgIpc) is 2.91. The van der Waals surface area contributed by atoms with Crippen molar-refractivity contribution in [3.8, 4) is 0 Å². The maximum atomic E-state index is 12.5. The van der Waals surface area contributed by atoms with E-state index in [1.807, 2.05) is 17.0 Å². The fraction of sp³-hybridized carbons (Fsp3) is 0.588. The number of nitrogens with zero attached hydrogens (tertiary/aromatic N) is 4. The van der Waals surface area contributed by atoms with E-state index in [0.717, 1.165) is 64.2 Å². The molecule has 0 radical (unpaired) electrons. The highest BCUT2D eigenvalue weighted by Gasteiger charge is 2.20. The number of likely N-dealkylation sites (tertiary alicyclic amines) is 1. The van der Waals surface area contributed by atoms with Crippen LogP contribution in [-0.2, 0) is 4.79 Å². The molecule has 2 aliphatic heterocycles. The molecule has 0 aromatic carbocycles. The van der Waals surface area contributed by atoms with E-state index in [1.165, 1.54) is 12.8 Å².